The maximum Gasteiger partial charge on any atom is 0.246 e. The summed E-state index contributed by atoms with van der Waals surface area (Å²) >= 11 is 0. The first-order chi connectivity index (χ1) is 12.2. The quantitative estimate of drug-likeness (QED) is 0.902. The van der Waals surface area contributed by atoms with E-state index in [0.717, 1.165) is 30.8 Å². The van der Waals surface area contributed by atoms with Crippen LogP contribution in [0.2, 0.25) is 0 Å². The van der Waals surface area contributed by atoms with Gasteiger partial charge < -0.3 is 15.5 Å². The van der Waals surface area contributed by atoms with Gasteiger partial charge in [-0.2, -0.15) is 0 Å². The minimum absolute atomic E-state index is 0.0536. The molecule has 5 heteroatoms. The van der Waals surface area contributed by atoms with Gasteiger partial charge in [-0.1, -0.05) is 36.4 Å². The molecule has 1 atom stereocenters. The average molecular weight is 335 g/mol. The summed E-state index contributed by atoms with van der Waals surface area (Å²) in [5.74, 6) is -0.192. The van der Waals surface area contributed by atoms with Gasteiger partial charge in [-0.15, -0.1) is 0 Å². The van der Waals surface area contributed by atoms with Crippen LogP contribution in [0.1, 0.15) is 24.0 Å². The Kier molecular flexibility index (Phi) is 4.14. The van der Waals surface area contributed by atoms with Crippen LogP contribution in [-0.4, -0.2) is 24.4 Å². The molecule has 0 radical (unpaired) electrons. The molecule has 0 aromatic heterocycles. The van der Waals surface area contributed by atoms with Crippen LogP contribution in [0.4, 0.5) is 11.4 Å². The zero-order valence-corrected chi connectivity index (χ0v) is 14.0. The van der Waals surface area contributed by atoms with Crippen LogP contribution >= 0.6 is 0 Å². The highest BCUT2D eigenvalue weighted by molar-refractivity contribution is 5.99. The second-order valence-electron chi connectivity index (χ2n) is 6.61. The first-order valence-electron chi connectivity index (χ1n) is 8.72. The molecule has 2 amide bonds. The van der Waals surface area contributed by atoms with Crippen molar-refractivity contribution < 1.29 is 9.59 Å². The predicted octanol–water partition coefficient (Wildman–Crippen LogP) is 2.47. The van der Waals surface area contributed by atoms with Crippen molar-refractivity contribution in [3.63, 3.8) is 0 Å². The number of hydrogen-bond acceptors (Lipinski definition) is 3. The molecule has 0 aliphatic carbocycles. The zero-order valence-electron chi connectivity index (χ0n) is 14.0. The summed E-state index contributed by atoms with van der Waals surface area (Å²) in [7, 11) is 0. The lowest BCUT2D eigenvalue weighted by molar-refractivity contribution is -0.122. The summed E-state index contributed by atoms with van der Waals surface area (Å²) in [4.78, 5) is 26.1. The molecule has 2 aromatic carbocycles. The second-order valence-corrected chi connectivity index (χ2v) is 6.61. The Morgan fingerprint density at radius 3 is 2.76 bits per heavy atom. The van der Waals surface area contributed by atoms with Crippen molar-refractivity contribution >= 4 is 23.2 Å². The molecule has 2 aromatic rings. The van der Waals surface area contributed by atoms with Gasteiger partial charge in [0.15, 0.2) is 0 Å². The van der Waals surface area contributed by atoms with Crippen LogP contribution in [0.15, 0.2) is 48.5 Å². The van der Waals surface area contributed by atoms with Crippen LogP contribution in [0.25, 0.3) is 0 Å². The van der Waals surface area contributed by atoms with Crippen molar-refractivity contribution in [3.05, 3.63) is 59.7 Å². The number of benzene rings is 2. The van der Waals surface area contributed by atoms with E-state index in [0.29, 0.717) is 12.8 Å². The Bertz CT molecular complexity index is 818. The highest BCUT2D eigenvalue weighted by Gasteiger charge is 2.27. The van der Waals surface area contributed by atoms with E-state index in [1.807, 2.05) is 24.3 Å². The van der Waals surface area contributed by atoms with E-state index in [-0.39, 0.29) is 11.8 Å². The predicted molar refractivity (Wildman–Crippen MR) is 97.4 cm³/mol. The van der Waals surface area contributed by atoms with Gasteiger partial charge in [0, 0.05) is 30.9 Å². The lowest BCUT2D eigenvalue weighted by Gasteiger charge is -2.22. The van der Waals surface area contributed by atoms with Gasteiger partial charge >= 0.3 is 0 Å². The summed E-state index contributed by atoms with van der Waals surface area (Å²) in [5.41, 5.74) is 4.54. The number of rotatable bonds is 4. The third-order valence-electron chi connectivity index (χ3n) is 4.93. The molecule has 0 unspecified atom stereocenters. The zero-order chi connectivity index (χ0) is 17.2. The lowest BCUT2D eigenvalue weighted by Crippen LogP contribution is -2.37. The fourth-order valence-corrected chi connectivity index (χ4v) is 3.59. The molecule has 2 aliphatic heterocycles. The van der Waals surface area contributed by atoms with E-state index in [1.54, 1.807) is 0 Å². The van der Waals surface area contributed by atoms with Crippen molar-refractivity contribution in [1.82, 2.24) is 5.32 Å². The van der Waals surface area contributed by atoms with E-state index < -0.39 is 6.04 Å². The molecule has 1 saturated heterocycles. The first kappa shape index (κ1) is 15.7. The normalized spacial score (nSPS) is 18.8. The van der Waals surface area contributed by atoms with Crippen molar-refractivity contribution in [1.29, 1.82) is 0 Å². The molecule has 2 aliphatic rings. The Labute approximate surface area is 147 Å². The third kappa shape index (κ3) is 3.22. The van der Waals surface area contributed by atoms with Gasteiger partial charge in [-0.3, -0.25) is 9.59 Å². The minimum atomic E-state index is -0.423. The van der Waals surface area contributed by atoms with Crippen molar-refractivity contribution in [3.8, 4) is 0 Å². The van der Waals surface area contributed by atoms with Crippen molar-refractivity contribution in [2.45, 2.75) is 31.8 Å². The standard InChI is InChI=1S/C20H21N3O2/c24-19-10-9-17(21-19)20(25)22-16-7-3-1-6-15(16)13-23-12-11-14-5-2-4-8-18(14)23/h1-8,17H,9-13H2,(H,21,24)(H,22,25)/t17-/m1/s1. The fraction of sp³-hybridized carbons (Fsp3) is 0.300. The summed E-state index contributed by atoms with van der Waals surface area (Å²) in [6.45, 7) is 1.74. The van der Waals surface area contributed by atoms with Crippen LogP contribution < -0.4 is 15.5 Å². The van der Waals surface area contributed by atoms with Gasteiger partial charge in [0.25, 0.3) is 0 Å². The minimum Gasteiger partial charge on any atom is -0.367 e. The molecule has 2 heterocycles. The number of amides is 2. The topological polar surface area (TPSA) is 61.4 Å². The van der Waals surface area contributed by atoms with Crippen molar-refractivity contribution in [2.24, 2.45) is 0 Å². The number of carbonyl (C=O) groups excluding carboxylic acids is 2. The van der Waals surface area contributed by atoms with Gasteiger partial charge in [-0.25, -0.2) is 0 Å². The number of nitrogens with zero attached hydrogens (tertiary/aromatic N) is 1. The molecule has 2 N–H and O–H groups in total. The van der Waals surface area contributed by atoms with Gasteiger partial charge in [-0.05, 0) is 36.1 Å². The Hall–Kier alpha value is -2.82. The molecule has 4 rings (SSSR count). The van der Waals surface area contributed by atoms with E-state index in [2.05, 4.69) is 39.8 Å². The van der Waals surface area contributed by atoms with Crippen LogP contribution in [0.3, 0.4) is 0 Å². The van der Waals surface area contributed by atoms with Crippen LogP contribution in [0.5, 0.6) is 0 Å². The molecule has 0 saturated carbocycles. The smallest absolute Gasteiger partial charge is 0.246 e. The molecular formula is C20H21N3O2. The number of fused-ring (bicyclic) bond motifs is 1. The molecule has 1 fully saturated rings. The van der Waals surface area contributed by atoms with Gasteiger partial charge in [0.1, 0.15) is 6.04 Å². The summed E-state index contributed by atoms with van der Waals surface area (Å²) in [6, 6.07) is 15.9. The highest BCUT2D eigenvalue weighted by atomic mass is 16.2. The summed E-state index contributed by atoms with van der Waals surface area (Å²) in [5, 5.41) is 5.71. The number of nitrogens with one attached hydrogen (secondary N) is 2. The highest BCUT2D eigenvalue weighted by Crippen LogP contribution is 2.30. The first-order valence-corrected chi connectivity index (χ1v) is 8.72. The van der Waals surface area contributed by atoms with Crippen LogP contribution in [0, 0.1) is 0 Å². The maximum atomic E-state index is 12.4. The van der Waals surface area contributed by atoms with Gasteiger partial charge in [0.05, 0.1) is 0 Å². The van der Waals surface area contributed by atoms with Crippen LogP contribution in [-0.2, 0) is 22.6 Å². The average Bonchev–Trinajstić information content (AvgIpc) is 3.23. The molecule has 0 spiro atoms. The fourth-order valence-electron chi connectivity index (χ4n) is 3.59. The molecule has 5 nitrogen and oxygen atoms in total. The summed E-state index contributed by atoms with van der Waals surface area (Å²) in [6.07, 6.45) is 2.04. The number of carbonyl (C=O) groups is 2. The Balaban J connectivity index is 1.50. The summed E-state index contributed by atoms with van der Waals surface area (Å²) < 4.78 is 0. The molecule has 128 valence electrons. The SMILES string of the molecule is O=C1CC[C@H](C(=O)Nc2ccccc2CN2CCc3ccccc32)N1. The number of anilines is 2. The molecule has 0 bridgehead atoms. The Morgan fingerprint density at radius 2 is 1.92 bits per heavy atom. The maximum absolute atomic E-state index is 12.4. The number of para-hydroxylation sites is 2. The molecular weight excluding hydrogens is 314 g/mol. The lowest BCUT2D eigenvalue weighted by atomic mass is 10.1. The van der Waals surface area contributed by atoms with E-state index in [1.165, 1.54) is 11.3 Å². The largest absolute Gasteiger partial charge is 0.367 e. The Morgan fingerprint density at radius 1 is 1.12 bits per heavy atom. The van der Waals surface area contributed by atoms with Gasteiger partial charge in [0.2, 0.25) is 11.8 Å². The van der Waals surface area contributed by atoms with E-state index in [9.17, 15) is 9.59 Å². The van der Waals surface area contributed by atoms with Crippen molar-refractivity contribution in [2.75, 3.05) is 16.8 Å². The monoisotopic (exact) mass is 335 g/mol. The number of hydrogen-bond donors (Lipinski definition) is 2. The molecule has 25 heavy (non-hydrogen) atoms. The van der Waals surface area contributed by atoms with E-state index in [4.69, 9.17) is 0 Å². The third-order valence-corrected chi connectivity index (χ3v) is 4.93. The second kappa shape index (κ2) is 6.59. The van der Waals surface area contributed by atoms with E-state index >= 15 is 0 Å².